The smallest absolute Gasteiger partial charge is 0.364 e. The molecular formula is C45H75N5O30. The van der Waals surface area contributed by atoms with Crippen LogP contribution in [0.2, 0.25) is 0 Å². The minimum absolute atomic E-state index is 0.361. The molecule has 0 aromatic carbocycles. The summed E-state index contributed by atoms with van der Waals surface area (Å²) in [5.74, 6) is -21.6. The quantitative estimate of drug-likeness (QED) is 0.0966. The van der Waals surface area contributed by atoms with Crippen LogP contribution < -0.4 is 26.6 Å². The Labute approximate surface area is 455 Å². The summed E-state index contributed by atoms with van der Waals surface area (Å²) in [6, 6.07) is -3.62. The summed E-state index contributed by atoms with van der Waals surface area (Å²) in [6.07, 6.45) is -12.3. The van der Waals surface area contributed by atoms with E-state index in [-0.39, 0.29) is 29.5 Å². The topological polar surface area (TPSA) is 580 Å². The van der Waals surface area contributed by atoms with Crippen LogP contribution in [0.4, 0.5) is 0 Å². The molecule has 0 aliphatic carbocycles. The zero-order valence-corrected chi connectivity index (χ0v) is 45.0. The molecule has 20 atom stereocenters. The largest absolute Gasteiger partial charge is 0.477 e. The number of rotatable bonds is 10. The van der Waals surface area contributed by atoms with Crippen LogP contribution in [0.1, 0.15) is 101 Å². The van der Waals surface area contributed by atoms with Crippen molar-refractivity contribution >= 4 is 59.4 Å². The molecule has 0 aromatic heterocycles. The molecule has 460 valence electrons. The number of nitrogens with one attached hydrogen (secondary N) is 5. The summed E-state index contributed by atoms with van der Waals surface area (Å²) in [4.78, 5) is 108. The monoisotopic (exact) mass is 1170 g/mol. The van der Waals surface area contributed by atoms with Gasteiger partial charge in [0.1, 0.15) is 0 Å². The van der Waals surface area contributed by atoms with Gasteiger partial charge >= 0.3 is 29.8 Å². The van der Waals surface area contributed by atoms with E-state index in [0.29, 0.717) is 0 Å². The number of carbonyl (C=O) groups is 10. The van der Waals surface area contributed by atoms with E-state index < -0.39 is 182 Å². The number of hydrogen-bond donors (Lipinski definition) is 20. The van der Waals surface area contributed by atoms with Crippen LogP contribution in [-0.2, 0) is 71.6 Å². The summed E-state index contributed by atoms with van der Waals surface area (Å²) >= 11 is 0. The fraction of sp³-hybridized carbons (Fsp3) is 0.778. The lowest BCUT2D eigenvalue weighted by molar-refractivity contribution is -0.273. The molecule has 5 aliphatic heterocycles. The third-order valence-electron chi connectivity index (χ3n) is 12.5. The molecule has 0 aromatic rings. The fourth-order valence-electron chi connectivity index (χ4n) is 8.69. The van der Waals surface area contributed by atoms with Crippen molar-refractivity contribution in [3.05, 3.63) is 0 Å². The molecule has 5 fully saturated rings. The van der Waals surface area contributed by atoms with Gasteiger partial charge in [-0.1, -0.05) is 0 Å². The molecule has 5 aliphatic rings. The molecule has 0 radical (unpaired) electrons. The molecule has 5 saturated heterocycles. The molecule has 20 N–H and O–H groups in total. The molecule has 80 heavy (non-hydrogen) atoms. The van der Waals surface area contributed by atoms with E-state index >= 15 is 0 Å². The molecule has 35 nitrogen and oxygen atoms in total. The highest BCUT2D eigenvalue weighted by Crippen LogP contribution is 2.32. The number of ether oxygens (including phenoxy) is 5. The Hall–Kier alpha value is -5.90. The van der Waals surface area contributed by atoms with E-state index in [1.165, 1.54) is 69.2 Å². The molecular weight excluding hydrogens is 1090 g/mol. The molecule has 0 bridgehead atoms. The molecule has 5 amide bonds. The maximum Gasteiger partial charge on any atom is 0.364 e. The van der Waals surface area contributed by atoms with E-state index in [2.05, 4.69) is 26.6 Å². The number of carboxylic acid groups (broad SMARTS) is 5. The number of carboxylic acids is 5. The minimum Gasteiger partial charge on any atom is -0.477 e. The van der Waals surface area contributed by atoms with E-state index in [1.807, 2.05) is 0 Å². The Morgan fingerprint density at radius 2 is 0.412 bits per heavy atom. The summed E-state index contributed by atoms with van der Waals surface area (Å²) < 4.78 is 24.5. The Morgan fingerprint density at radius 1 is 0.300 bits per heavy atom. The van der Waals surface area contributed by atoms with Crippen LogP contribution in [0.15, 0.2) is 0 Å². The van der Waals surface area contributed by atoms with Crippen LogP contribution in [0, 0.1) is 0 Å². The SMILES string of the molecule is CC(=O)NC1C(O)CC(O)(C(=O)O)OC1C.CC(=O)NC1C(O)CC(O)(C(=O)O)OC1C.CC(=O)NC1C(O)CC(O)(C(=O)O)OC1C.CC(=O)NC1C(O)CC(O)(C(=O)O)OC1C.CC(=O)NC1C(O)CC(O)(C(=O)O)OC1C. The lowest BCUT2D eigenvalue weighted by Gasteiger charge is -2.40. The molecule has 0 saturated carbocycles. The number of carbonyl (C=O) groups excluding carboxylic acids is 5. The fourth-order valence-corrected chi connectivity index (χ4v) is 8.69. The van der Waals surface area contributed by atoms with Gasteiger partial charge in [-0.15, -0.1) is 0 Å². The van der Waals surface area contributed by atoms with Crippen LogP contribution in [0.5, 0.6) is 0 Å². The minimum atomic E-state index is -2.40. The van der Waals surface area contributed by atoms with Crippen molar-refractivity contribution in [1.29, 1.82) is 0 Å². The molecule has 20 unspecified atom stereocenters. The van der Waals surface area contributed by atoms with Crippen LogP contribution in [0.3, 0.4) is 0 Å². The van der Waals surface area contributed by atoms with E-state index in [1.54, 1.807) is 0 Å². The molecule has 0 spiro atoms. The van der Waals surface area contributed by atoms with Gasteiger partial charge in [0.25, 0.3) is 28.9 Å². The van der Waals surface area contributed by atoms with Crippen molar-refractivity contribution in [2.24, 2.45) is 0 Å². The lowest BCUT2D eigenvalue weighted by atomic mass is 9.94. The Morgan fingerprint density at radius 3 is 0.487 bits per heavy atom. The average Bonchev–Trinajstić information content (AvgIpc) is 3.27. The van der Waals surface area contributed by atoms with E-state index in [4.69, 9.17) is 49.2 Å². The first-order valence-electron chi connectivity index (χ1n) is 24.2. The number of aliphatic carboxylic acids is 5. The van der Waals surface area contributed by atoms with Gasteiger partial charge in [0.05, 0.1) is 91.2 Å². The maximum absolute atomic E-state index is 10.8. The third kappa shape index (κ3) is 20.3. The second kappa shape index (κ2) is 29.2. The van der Waals surface area contributed by atoms with E-state index in [9.17, 15) is 99.0 Å². The summed E-state index contributed by atoms with van der Waals surface area (Å²) in [7, 11) is 0. The third-order valence-corrected chi connectivity index (χ3v) is 12.5. The van der Waals surface area contributed by atoms with Gasteiger partial charge in [0.2, 0.25) is 29.5 Å². The number of hydrogen-bond acceptors (Lipinski definition) is 25. The van der Waals surface area contributed by atoms with Gasteiger partial charge in [0, 0.05) is 66.7 Å². The average molecular weight is 1170 g/mol. The number of aliphatic hydroxyl groups is 10. The van der Waals surface area contributed by atoms with Crippen molar-refractivity contribution in [1.82, 2.24) is 26.6 Å². The molecule has 5 heterocycles. The Bertz CT molecular complexity index is 1810. The first-order chi connectivity index (χ1) is 36.3. The van der Waals surface area contributed by atoms with Gasteiger partial charge in [-0.2, -0.15) is 0 Å². The summed E-state index contributed by atoms with van der Waals surface area (Å²) in [6.45, 7) is 13.7. The van der Waals surface area contributed by atoms with Crippen LogP contribution in [-0.4, -0.2) is 256 Å². The first kappa shape index (κ1) is 72.1. The van der Waals surface area contributed by atoms with Crippen LogP contribution >= 0.6 is 0 Å². The van der Waals surface area contributed by atoms with Gasteiger partial charge in [-0.3, -0.25) is 24.0 Å². The van der Waals surface area contributed by atoms with Gasteiger partial charge in [0.15, 0.2) is 0 Å². The van der Waals surface area contributed by atoms with Gasteiger partial charge < -0.3 is 127 Å². The Kier molecular flexibility index (Phi) is 26.3. The highest BCUT2D eigenvalue weighted by molar-refractivity contribution is 5.79. The second-order valence-electron chi connectivity index (χ2n) is 19.6. The van der Waals surface area contributed by atoms with Gasteiger partial charge in [-0.25, -0.2) is 24.0 Å². The zero-order valence-electron chi connectivity index (χ0n) is 45.0. The van der Waals surface area contributed by atoms with E-state index in [0.717, 1.165) is 0 Å². The predicted molar refractivity (Wildman–Crippen MR) is 257 cm³/mol. The van der Waals surface area contributed by atoms with Crippen molar-refractivity contribution in [3.63, 3.8) is 0 Å². The number of aliphatic hydroxyl groups excluding tert-OH is 5. The highest BCUT2D eigenvalue weighted by atomic mass is 16.7. The van der Waals surface area contributed by atoms with Crippen molar-refractivity contribution < 1.29 is 148 Å². The second-order valence-corrected chi connectivity index (χ2v) is 19.6. The van der Waals surface area contributed by atoms with Crippen molar-refractivity contribution in [2.45, 2.75) is 222 Å². The summed E-state index contributed by atoms with van der Waals surface area (Å²) in [5, 5.41) is 152. The first-order valence-corrected chi connectivity index (χ1v) is 24.2. The number of amides is 5. The normalized spacial score (nSPS) is 39.1. The summed E-state index contributed by atoms with van der Waals surface area (Å²) in [5.41, 5.74) is 0. The van der Waals surface area contributed by atoms with Crippen molar-refractivity contribution in [3.8, 4) is 0 Å². The molecule has 35 heteroatoms. The molecule has 5 rings (SSSR count). The maximum atomic E-state index is 10.8. The van der Waals surface area contributed by atoms with Gasteiger partial charge in [-0.05, 0) is 34.6 Å². The highest BCUT2D eigenvalue weighted by Gasteiger charge is 2.54. The zero-order chi connectivity index (χ0) is 62.5. The van der Waals surface area contributed by atoms with Crippen LogP contribution in [0.25, 0.3) is 0 Å². The Balaban J connectivity index is 0.000000500. The predicted octanol–water partition coefficient (Wildman–Crippen LogP) is -7.83. The lowest BCUT2D eigenvalue weighted by Crippen LogP contribution is -2.62. The van der Waals surface area contributed by atoms with Crippen molar-refractivity contribution in [2.75, 3.05) is 0 Å². The standard InChI is InChI=1S/5C9H15NO6/c5*1-4-7(10-5(2)11)6(12)3-9(15,16-4)8(13)14/h5*4,6-7,12,15H,3H2,1-2H3,(H,10,11)(H,13,14).